The van der Waals surface area contributed by atoms with Crippen LogP contribution in [0.15, 0.2) is 59.5 Å². The van der Waals surface area contributed by atoms with Crippen molar-refractivity contribution >= 4 is 11.8 Å². The van der Waals surface area contributed by atoms with Crippen LogP contribution in [0.2, 0.25) is 0 Å². The van der Waals surface area contributed by atoms with E-state index < -0.39 is 0 Å². The highest BCUT2D eigenvalue weighted by Crippen LogP contribution is 2.24. The molecular formula is C13H11NO3S. The van der Waals surface area contributed by atoms with E-state index in [1.54, 1.807) is 12.1 Å². The first-order chi connectivity index (χ1) is 8.74. The zero-order valence-electron chi connectivity index (χ0n) is 9.48. The maximum atomic E-state index is 10.2. The number of hydrogen-bond donors (Lipinski definition) is 0. The fourth-order valence-corrected chi connectivity index (χ4v) is 1.94. The zero-order valence-corrected chi connectivity index (χ0v) is 10.3. The molecule has 0 atom stereocenters. The molecule has 0 heterocycles. The third kappa shape index (κ3) is 3.78. The molecule has 2 aromatic rings. The first-order valence-corrected chi connectivity index (χ1v) is 6.30. The van der Waals surface area contributed by atoms with E-state index in [0.717, 1.165) is 10.6 Å². The summed E-state index contributed by atoms with van der Waals surface area (Å²) < 4.78 is 5.62. The maximum Gasteiger partial charge on any atom is 0.253 e. The van der Waals surface area contributed by atoms with Crippen molar-refractivity contribution in [3.8, 4) is 11.5 Å². The van der Waals surface area contributed by atoms with Gasteiger partial charge in [-0.05, 0) is 36.4 Å². The molecular weight excluding hydrogens is 250 g/mol. The van der Waals surface area contributed by atoms with E-state index in [1.165, 1.54) is 11.8 Å². The van der Waals surface area contributed by atoms with Crippen LogP contribution in [-0.2, 0) is 0 Å². The minimum absolute atomic E-state index is 0.126. The van der Waals surface area contributed by atoms with E-state index in [4.69, 9.17) is 4.74 Å². The van der Waals surface area contributed by atoms with Crippen molar-refractivity contribution in [2.45, 2.75) is 4.90 Å². The van der Waals surface area contributed by atoms with Crippen LogP contribution < -0.4 is 4.74 Å². The Morgan fingerprint density at radius 3 is 2.22 bits per heavy atom. The van der Waals surface area contributed by atoms with Gasteiger partial charge in [0.15, 0.2) is 0 Å². The Morgan fingerprint density at radius 1 is 1.00 bits per heavy atom. The number of ether oxygens (including phenoxy) is 1. The van der Waals surface area contributed by atoms with Crippen LogP contribution in [0.5, 0.6) is 11.5 Å². The van der Waals surface area contributed by atoms with Gasteiger partial charge in [0.2, 0.25) is 0 Å². The van der Waals surface area contributed by atoms with Gasteiger partial charge in [0.25, 0.3) is 5.88 Å². The van der Waals surface area contributed by atoms with Crippen LogP contribution in [0.4, 0.5) is 0 Å². The third-order valence-electron chi connectivity index (χ3n) is 2.14. The molecule has 0 aliphatic heterocycles. The number of benzene rings is 2. The first-order valence-electron chi connectivity index (χ1n) is 5.31. The second-order valence-corrected chi connectivity index (χ2v) is 4.51. The van der Waals surface area contributed by atoms with E-state index in [1.807, 2.05) is 42.5 Å². The van der Waals surface area contributed by atoms with Gasteiger partial charge >= 0.3 is 0 Å². The van der Waals surface area contributed by atoms with Gasteiger partial charge in [-0.25, -0.2) is 0 Å². The minimum Gasteiger partial charge on any atom is -0.457 e. The van der Waals surface area contributed by atoms with E-state index in [0.29, 0.717) is 5.75 Å². The average Bonchev–Trinajstić information content (AvgIpc) is 2.39. The summed E-state index contributed by atoms with van der Waals surface area (Å²) in [5.74, 6) is 1.36. The number of rotatable bonds is 5. The molecule has 4 nitrogen and oxygen atoms in total. The smallest absolute Gasteiger partial charge is 0.253 e. The monoisotopic (exact) mass is 261 g/mol. The molecule has 0 saturated carbocycles. The predicted molar refractivity (Wildman–Crippen MR) is 70.7 cm³/mol. The molecule has 0 aliphatic rings. The fraction of sp³-hybridized carbons (Fsp3) is 0.0769. The molecule has 92 valence electrons. The molecule has 18 heavy (non-hydrogen) atoms. The quantitative estimate of drug-likeness (QED) is 0.355. The van der Waals surface area contributed by atoms with Gasteiger partial charge < -0.3 is 4.74 Å². The normalized spacial score (nSPS) is 10.0. The number of nitrogens with zero attached hydrogens (tertiary/aromatic N) is 1. The van der Waals surface area contributed by atoms with Gasteiger partial charge in [0, 0.05) is 9.82 Å². The molecule has 5 heteroatoms. The topological polar surface area (TPSA) is 52.4 Å². The van der Waals surface area contributed by atoms with Crippen molar-refractivity contribution in [1.82, 2.24) is 0 Å². The highest BCUT2D eigenvalue weighted by molar-refractivity contribution is 7.99. The van der Waals surface area contributed by atoms with Crippen LogP contribution in [0.1, 0.15) is 0 Å². The summed E-state index contributed by atoms with van der Waals surface area (Å²) >= 11 is 1.19. The summed E-state index contributed by atoms with van der Waals surface area (Å²) in [6, 6.07) is 16.7. The minimum atomic E-state index is -0.348. The van der Waals surface area contributed by atoms with Crippen molar-refractivity contribution < 1.29 is 9.66 Å². The van der Waals surface area contributed by atoms with Crippen LogP contribution >= 0.6 is 11.8 Å². The summed E-state index contributed by atoms with van der Waals surface area (Å²) in [5, 5.41) is 10.2. The van der Waals surface area contributed by atoms with Crippen molar-refractivity contribution in [2.75, 3.05) is 5.88 Å². The lowest BCUT2D eigenvalue weighted by atomic mass is 10.3. The lowest BCUT2D eigenvalue weighted by Crippen LogP contribution is -1.94. The van der Waals surface area contributed by atoms with Gasteiger partial charge in [-0.1, -0.05) is 30.0 Å². The molecule has 0 aliphatic carbocycles. The van der Waals surface area contributed by atoms with E-state index in [9.17, 15) is 10.1 Å². The lowest BCUT2D eigenvalue weighted by molar-refractivity contribution is -0.456. The SMILES string of the molecule is O=[N+]([O-])CSc1ccc(Oc2ccccc2)cc1. The second-order valence-electron chi connectivity index (χ2n) is 3.49. The Bertz CT molecular complexity index is 514. The highest BCUT2D eigenvalue weighted by atomic mass is 32.2. The summed E-state index contributed by atoms with van der Waals surface area (Å²) in [4.78, 5) is 10.7. The molecule has 0 spiro atoms. The standard InChI is InChI=1S/C13H11NO3S/c15-14(16)10-18-13-8-6-12(7-9-13)17-11-4-2-1-3-5-11/h1-9H,10H2. The summed E-state index contributed by atoms with van der Waals surface area (Å²) in [7, 11) is 0. The van der Waals surface area contributed by atoms with Gasteiger partial charge in [-0.15, -0.1) is 0 Å². The van der Waals surface area contributed by atoms with Crippen LogP contribution in [0.25, 0.3) is 0 Å². The van der Waals surface area contributed by atoms with Gasteiger partial charge in [-0.3, -0.25) is 10.1 Å². The Balaban J connectivity index is 1.97. The van der Waals surface area contributed by atoms with E-state index in [-0.39, 0.29) is 10.8 Å². The summed E-state index contributed by atoms with van der Waals surface area (Å²) in [6.45, 7) is 0. The van der Waals surface area contributed by atoms with E-state index in [2.05, 4.69) is 0 Å². The van der Waals surface area contributed by atoms with Gasteiger partial charge in [-0.2, -0.15) is 0 Å². The zero-order chi connectivity index (χ0) is 12.8. The molecule has 0 radical (unpaired) electrons. The molecule has 2 aromatic carbocycles. The predicted octanol–water partition coefficient (Wildman–Crippen LogP) is 3.81. The number of hydrogen-bond acceptors (Lipinski definition) is 4. The van der Waals surface area contributed by atoms with Crippen molar-refractivity contribution in [3.05, 3.63) is 64.7 Å². The molecule has 0 fully saturated rings. The third-order valence-corrected chi connectivity index (χ3v) is 3.08. The molecule has 2 rings (SSSR count). The van der Waals surface area contributed by atoms with Crippen molar-refractivity contribution in [2.24, 2.45) is 0 Å². The van der Waals surface area contributed by atoms with Gasteiger partial charge in [0.05, 0.1) is 0 Å². The molecule has 0 N–H and O–H groups in total. The molecule has 0 unspecified atom stereocenters. The van der Waals surface area contributed by atoms with Crippen LogP contribution in [0, 0.1) is 10.1 Å². The molecule has 0 amide bonds. The lowest BCUT2D eigenvalue weighted by Gasteiger charge is -2.05. The van der Waals surface area contributed by atoms with Gasteiger partial charge in [0.1, 0.15) is 11.5 Å². The number of nitro groups is 1. The summed E-state index contributed by atoms with van der Waals surface area (Å²) in [6.07, 6.45) is 0. The molecule has 0 aromatic heterocycles. The Morgan fingerprint density at radius 2 is 1.61 bits per heavy atom. The largest absolute Gasteiger partial charge is 0.457 e. The van der Waals surface area contributed by atoms with Crippen molar-refractivity contribution in [1.29, 1.82) is 0 Å². The highest BCUT2D eigenvalue weighted by Gasteiger charge is 2.01. The van der Waals surface area contributed by atoms with Crippen LogP contribution in [0.3, 0.4) is 0 Å². The molecule has 0 bridgehead atoms. The van der Waals surface area contributed by atoms with Crippen molar-refractivity contribution in [3.63, 3.8) is 0 Å². The number of thioether (sulfide) groups is 1. The number of para-hydroxylation sites is 1. The fourth-order valence-electron chi connectivity index (χ4n) is 1.36. The molecule has 0 saturated heterocycles. The van der Waals surface area contributed by atoms with E-state index >= 15 is 0 Å². The van der Waals surface area contributed by atoms with Crippen LogP contribution in [-0.4, -0.2) is 10.8 Å². The summed E-state index contributed by atoms with van der Waals surface area (Å²) in [5.41, 5.74) is 0. The maximum absolute atomic E-state index is 10.2. The Kier molecular flexibility index (Phi) is 4.20. The Hall–Kier alpha value is -2.01. The Labute approximate surface area is 109 Å². The average molecular weight is 261 g/mol. The second kappa shape index (κ2) is 6.07. The first kappa shape index (κ1) is 12.4.